The van der Waals surface area contributed by atoms with Crippen LogP contribution in [0.4, 0.5) is 0 Å². The summed E-state index contributed by atoms with van der Waals surface area (Å²) in [7, 11) is 3.08. The number of rotatable bonds is 6. The number of nitrogens with one attached hydrogen (secondary N) is 2. The van der Waals surface area contributed by atoms with Crippen LogP contribution < -0.4 is 14.9 Å². The van der Waals surface area contributed by atoms with Crippen molar-refractivity contribution in [3.63, 3.8) is 0 Å². The van der Waals surface area contributed by atoms with E-state index in [0.717, 1.165) is 22.9 Å². The molecule has 2 N–H and O–H groups in total. The normalized spacial score (nSPS) is 11.0. The minimum Gasteiger partial charge on any atom is -0.497 e. The molecule has 3 aromatic rings. The Kier molecular flexibility index (Phi) is 5.22. The Morgan fingerprint density at radius 1 is 1.19 bits per heavy atom. The van der Waals surface area contributed by atoms with E-state index in [1.165, 1.54) is 19.8 Å². The van der Waals surface area contributed by atoms with E-state index in [1.807, 2.05) is 18.3 Å². The van der Waals surface area contributed by atoms with Crippen LogP contribution in [-0.2, 0) is 6.42 Å². The Morgan fingerprint density at radius 3 is 2.58 bits per heavy atom. The number of ether oxygens (including phenoxy) is 2. The topological polar surface area (TPSA) is 75.7 Å². The average molecular weight is 351 g/mol. The van der Waals surface area contributed by atoms with E-state index < -0.39 is 0 Å². The van der Waals surface area contributed by atoms with Crippen LogP contribution in [-0.4, -0.2) is 31.3 Å². The number of hydrogen-bond acceptors (Lipinski definition) is 4. The maximum Gasteiger partial charge on any atom is 0.271 e. The molecule has 1 aromatic heterocycles. The fraction of sp³-hybridized carbons (Fsp3) is 0.200. The van der Waals surface area contributed by atoms with Crippen LogP contribution in [0.2, 0.25) is 0 Å². The van der Waals surface area contributed by atoms with Gasteiger partial charge in [-0.2, -0.15) is 5.10 Å². The summed E-state index contributed by atoms with van der Waals surface area (Å²) in [5.41, 5.74) is 6.20. The Bertz CT molecular complexity index is 938. The maximum atomic E-state index is 12.3. The monoisotopic (exact) mass is 351 g/mol. The predicted molar refractivity (Wildman–Crippen MR) is 102 cm³/mol. The lowest BCUT2D eigenvalue weighted by Gasteiger charge is -2.07. The largest absolute Gasteiger partial charge is 0.497 e. The highest BCUT2D eigenvalue weighted by Gasteiger charge is 2.09. The van der Waals surface area contributed by atoms with Crippen molar-refractivity contribution in [3.8, 4) is 11.5 Å². The molecule has 6 nitrogen and oxygen atoms in total. The highest BCUT2D eigenvalue weighted by molar-refractivity contribution is 6.01. The molecule has 2 aromatic carbocycles. The Hall–Kier alpha value is -3.28. The number of fused-ring (bicyclic) bond motifs is 1. The van der Waals surface area contributed by atoms with Crippen LogP contribution in [0.15, 0.2) is 47.7 Å². The maximum absolute atomic E-state index is 12.3. The lowest BCUT2D eigenvalue weighted by molar-refractivity contribution is 0.0954. The zero-order valence-corrected chi connectivity index (χ0v) is 15.0. The molecule has 1 heterocycles. The second kappa shape index (κ2) is 7.74. The van der Waals surface area contributed by atoms with Gasteiger partial charge in [0.1, 0.15) is 11.5 Å². The van der Waals surface area contributed by atoms with Gasteiger partial charge in [-0.05, 0) is 24.1 Å². The van der Waals surface area contributed by atoms with Crippen molar-refractivity contribution in [1.82, 2.24) is 10.4 Å². The number of aromatic amines is 1. The molecule has 0 atom stereocenters. The second-order valence-electron chi connectivity index (χ2n) is 5.74. The van der Waals surface area contributed by atoms with Gasteiger partial charge in [0.15, 0.2) is 0 Å². The number of carbonyl (C=O) groups excluding carboxylic acids is 1. The van der Waals surface area contributed by atoms with Crippen molar-refractivity contribution < 1.29 is 14.3 Å². The number of nitrogens with zero attached hydrogens (tertiary/aromatic N) is 1. The number of aromatic nitrogens is 1. The van der Waals surface area contributed by atoms with Crippen LogP contribution in [0, 0.1) is 0 Å². The summed E-state index contributed by atoms with van der Waals surface area (Å²) < 4.78 is 10.4. The van der Waals surface area contributed by atoms with E-state index in [2.05, 4.69) is 28.5 Å². The molecule has 0 unspecified atom stereocenters. The van der Waals surface area contributed by atoms with Crippen molar-refractivity contribution in [2.24, 2.45) is 5.10 Å². The molecule has 1 amide bonds. The average Bonchev–Trinajstić information content (AvgIpc) is 3.10. The number of aryl methyl sites for hydroxylation is 1. The second-order valence-corrected chi connectivity index (χ2v) is 5.74. The van der Waals surface area contributed by atoms with Crippen LogP contribution in [0.5, 0.6) is 11.5 Å². The zero-order chi connectivity index (χ0) is 18.5. The molecule has 0 spiro atoms. The summed E-state index contributed by atoms with van der Waals surface area (Å²) in [5, 5.41) is 5.16. The molecule has 6 heteroatoms. The molecule has 0 aliphatic heterocycles. The SMILES string of the molecule is CCc1cccc2c(/C=N/NC(=O)c3cc(OC)cc(OC)c3)c[nH]c12. The van der Waals surface area contributed by atoms with E-state index in [4.69, 9.17) is 9.47 Å². The van der Waals surface area contributed by atoms with Crippen molar-refractivity contribution in [2.75, 3.05) is 14.2 Å². The van der Waals surface area contributed by atoms with Gasteiger partial charge in [0.2, 0.25) is 0 Å². The Morgan fingerprint density at radius 2 is 1.92 bits per heavy atom. The molecule has 0 bridgehead atoms. The zero-order valence-electron chi connectivity index (χ0n) is 15.0. The predicted octanol–water partition coefficient (Wildman–Crippen LogP) is 3.51. The number of hydrazone groups is 1. The van der Waals surface area contributed by atoms with E-state index in [-0.39, 0.29) is 5.91 Å². The van der Waals surface area contributed by atoms with Gasteiger partial charge in [0.05, 0.1) is 20.4 Å². The van der Waals surface area contributed by atoms with Gasteiger partial charge in [0, 0.05) is 34.3 Å². The highest BCUT2D eigenvalue weighted by Crippen LogP contribution is 2.23. The summed E-state index contributed by atoms with van der Waals surface area (Å²) in [5.74, 6) is 0.747. The fourth-order valence-electron chi connectivity index (χ4n) is 2.80. The number of benzene rings is 2. The molecule has 134 valence electrons. The Labute approximate surface area is 151 Å². The van der Waals surface area contributed by atoms with Gasteiger partial charge in [-0.15, -0.1) is 0 Å². The molecule has 0 fully saturated rings. The fourth-order valence-corrected chi connectivity index (χ4v) is 2.80. The molecule has 3 rings (SSSR count). The third-order valence-corrected chi connectivity index (χ3v) is 4.20. The van der Waals surface area contributed by atoms with Gasteiger partial charge in [0.25, 0.3) is 5.91 Å². The number of carbonyl (C=O) groups is 1. The quantitative estimate of drug-likeness (QED) is 0.527. The molecule has 0 aliphatic carbocycles. The van der Waals surface area contributed by atoms with E-state index >= 15 is 0 Å². The summed E-state index contributed by atoms with van der Waals surface area (Å²) in [6, 6.07) is 11.1. The standard InChI is InChI=1S/C20H21N3O3/c1-4-13-6-5-7-18-15(11-21-19(13)18)12-22-23-20(24)14-8-16(25-2)10-17(9-14)26-3/h5-12,21H,4H2,1-3H3,(H,23,24)/b22-12+. The van der Waals surface area contributed by atoms with Crippen molar-refractivity contribution in [1.29, 1.82) is 0 Å². The Balaban J connectivity index is 1.78. The summed E-state index contributed by atoms with van der Waals surface area (Å²) in [6.07, 6.45) is 4.46. The molecular weight excluding hydrogens is 330 g/mol. The smallest absolute Gasteiger partial charge is 0.271 e. The molecule has 26 heavy (non-hydrogen) atoms. The van der Waals surface area contributed by atoms with Crippen molar-refractivity contribution >= 4 is 23.0 Å². The minimum absolute atomic E-state index is 0.340. The van der Waals surface area contributed by atoms with E-state index in [9.17, 15) is 4.79 Å². The summed E-state index contributed by atoms with van der Waals surface area (Å²) >= 11 is 0. The van der Waals surface area contributed by atoms with Gasteiger partial charge < -0.3 is 14.5 Å². The number of hydrogen-bond donors (Lipinski definition) is 2. The molecular formula is C20H21N3O3. The van der Waals surface area contributed by atoms with Crippen molar-refractivity contribution in [3.05, 3.63) is 59.3 Å². The molecule has 0 radical (unpaired) electrons. The molecule has 0 saturated carbocycles. The molecule has 0 saturated heterocycles. The first-order valence-electron chi connectivity index (χ1n) is 8.31. The van der Waals surface area contributed by atoms with Crippen LogP contribution in [0.1, 0.15) is 28.4 Å². The number of methoxy groups -OCH3 is 2. The summed E-state index contributed by atoms with van der Waals surface area (Å²) in [4.78, 5) is 15.6. The lowest BCUT2D eigenvalue weighted by atomic mass is 10.1. The number of para-hydroxylation sites is 1. The van der Waals surface area contributed by atoms with Crippen molar-refractivity contribution in [2.45, 2.75) is 13.3 Å². The van der Waals surface area contributed by atoms with E-state index in [1.54, 1.807) is 24.4 Å². The van der Waals surface area contributed by atoms with E-state index in [0.29, 0.717) is 17.1 Å². The van der Waals surface area contributed by atoms with Gasteiger partial charge >= 0.3 is 0 Å². The third-order valence-electron chi connectivity index (χ3n) is 4.20. The van der Waals surface area contributed by atoms with Crippen LogP contribution in [0.3, 0.4) is 0 Å². The number of H-pyrrole nitrogens is 1. The molecule has 0 aliphatic rings. The lowest BCUT2D eigenvalue weighted by Crippen LogP contribution is -2.17. The van der Waals surface area contributed by atoms with Gasteiger partial charge in [-0.1, -0.05) is 25.1 Å². The first kappa shape index (κ1) is 17.5. The minimum atomic E-state index is -0.340. The first-order valence-corrected chi connectivity index (χ1v) is 8.31. The first-order chi connectivity index (χ1) is 12.7. The van der Waals surface area contributed by atoms with Gasteiger partial charge in [-0.25, -0.2) is 5.43 Å². The highest BCUT2D eigenvalue weighted by atomic mass is 16.5. The van der Waals surface area contributed by atoms with Gasteiger partial charge in [-0.3, -0.25) is 4.79 Å². The third kappa shape index (κ3) is 3.54. The summed E-state index contributed by atoms with van der Waals surface area (Å²) in [6.45, 7) is 2.12. The number of amides is 1. The van der Waals surface area contributed by atoms with Crippen LogP contribution >= 0.6 is 0 Å². The van der Waals surface area contributed by atoms with Crippen LogP contribution in [0.25, 0.3) is 10.9 Å².